The summed E-state index contributed by atoms with van der Waals surface area (Å²) in [5, 5.41) is 16.9. The molecule has 0 unspecified atom stereocenters. The molecule has 0 aromatic heterocycles. The van der Waals surface area contributed by atoms with Gasteiger partial charge in [-0.05, 0) is 0 Å². The Balaban J connectivity index is -0.00000000400. The first kappa shape index (κ1) is 69.3. The standard InChI is InChI=1S/2CNS.Mn.4H2O/c2*2-1-3;;;;;/h;;;4*1H2/q2*-1;+2;;;;/p+4. The monoisotopic (exact) mass is 247 g/mol. The van der Waals surface area contributed by atoms with E-state index < -0.39 is 0 Å². The van der Waals surface area contributed by atoms with Crippen molar-refractivity contribution in [2.45, 2.75) is 0 Å². The van der Waals surface area contributed by atoms with E-state index in [0.717, 1.165) is 0 Å². The summed E-state index contributed by atoms with van der Waals surface area (Å²) in [6.07, 6.45) is 0. The molecule has 0 heterocycles. The second-order valence-corrected chi connectivity index (χ2v) is 0.548. The first-order valence-corrected chi connectivity index (χ1v) is 1.67. The largest absolute Gasteiger partial charge is 2.00 e. The maximum absolute atomic E-state index is 7.13. The first-order chi connectivity index (χ1) is 2.83. The Bertz CT molecular complexity index is 78.1. The second-order valence-electron chi connectivity index (χ2n) is 0.183. The van der Waals surface area contributed by atoms with Crippen molar-refractivity contribution >= 4 is 34.8 Å². The van der Waals surface area contributed by atoms with Gasteiger partial charge in [0, 0.05) is 0 Å². The van der Waals surface area contributed by atoms with Gasteiger partial charge in [0.2, 0.25) is 0 Å². The Kier molecular flexibility index (Phi) is 1310. The van der Waals surface area contributed by atoms with Gasteiger partial charge in [-0.1, -0.05) is 24.4 Å². The Morgan fingerprint density at radius 1 is 0.727 bits per heavy atom. The van der Waals surface area contributed by atoms with Crippen molar-refractivity contribution in [1.29, 1.82) is 0 Å². The predicted octanol–water partition coefficient (Wildman–Crippen LogP) is -2.37. The van der Waals surface area contributed by atoms with Crippen LogP contribution in [0.3, 0.4) is 0 Å². The smallest absolute Gasteiger partial charge is 0.753 e. The summed E-state index contributed by atoms with van der Waals surface area (Å²) in [5.41, 5.74) is 0. The third kappa shape index (κ3) is 384000. The topological polar surface area (TPSA) is 177 Å². The van der Waals surface area contributed by atoms with E-state index in [0.29, 0.717) is 0 Å². The van der Waals surface area contributed by atoms with Gasteiger partial charge in [0.25, 0.3) is 0 Å². The second kappa shape index (κ2) is 208. The van der Waals surface area contributed by atoms with Crippen LogP contribution >= 0.6 is 24.4 Å². The maximum atomic E-state index is 7.13. The zero-order chi connectivity index (χ0) is 5.41. The number of rotatable bonds is 0. The summed E-state index contributed by atoms with van der Waals surface area (Å²) in [7, 11) is 0. The first-order valence-electron chi connectivity index (χ1n) is 0.855. The zero-order valence-electron chi connectivity index (χ0n) is 5.40. The predicted molar refractivity (Wildman–Crippen MR) is 51.4 cm³/mol. The summed E-state index contributed by atoms with van der Waals surface area (Å²) in [4.78, 5) is 0. The summed E-state index contributed by atoms with van der Waals surface area (Å²) >= 11 is 7.40. The molecule has 0 aliphatic heterocycles. The normalized spacial score (nSPS) is 1.45. The van der Waals surface area contributed by atoms with Crippen LogP contribution in [0.4, 0.5) is 0 Å². The van der Waals surface area contributed by atoms with Gasteiger partial charge in [-0.15, -0.1) is 0 Å². The van der Waals surface area contributed by atoms with Gasteiger partial charge < -0.3 is 32.7 Å². The fourth-order valence-corrected chi connectivity index (χ4v) is 0. The van der Waals surface area contributed by atoms with Crippen LogP contribution < -0.4 is 0 Å². The molecular formula is C2H12MnN2O4S2+4. The van der Waals surface area contributed by atoms with E-state index in [1.54, 1.807) is 0 Å². The Morgan fingerprint density at radius 2 is 0.727 bits per heavy atom. The molecule has 11 heavy (non-hydrogen) atoms. The quantitative estimate of drug-likeness (QED) is 0.201. The van der Waals surface area contributed by atoms with Crippen LogP contribution in [0.1, 0.15) is 0 Å². The molecule has 9 heteroatoms. The summed E-state index contributed by atoms with van der Waals surface area (Å²) in [6.45, 7) is 0. The summed E-state index contributed by atoms with van der Waals surface area (Å²) < 4.78 is 0. The molecule has 1 radical (unpaired) electrons. The van der Waals surface area contributed by atoms with Crippen molar-refractivity contribution in [1.82, 2.24) is 0 Å². The molecule has 0 amide bonds. The minimum atomic E-state index is 0. The van der Waals surface area contributed by atoms with Crippen LogP contribution in [0.25, 0.3) is 10.8 Å². The third-order valence-electron chi connectivity index (χ3n) is 0. The van der Waals surface area contributed by atoms with Crippen LogP contribution in [0.15, 0.2) is 0 Å². The minimum Gasteiger partial charge on any atom is -0.753 e. The van der Waals surface area contributed by atoms with Gasteiger partial charge in [0.1, 0.15) is 0 Å². The molecule has 0 fully saturated rings. The van der Waals surface area contributed by atoms with Gasteiger partial charge in [-0.3, -0.25) is 0 Å². The van der Waals surface area contributed by atoms with E-state index in [1.807, 2.05) is 0 Å². The number of hydrogen-bond acceptors (Lipinski definition) is 2. The van der Waals surface area contributed by atoms with Gasteiger partial charge in [-0.25, -0.2) is 0 Å². The molecule has 69 valence electrons. The molecule has 0 aromatic carbocycles. The molecule has 12 N–H and O–H groups in total. The number of thiocarbonyl (C=S) groups is 2. The van der Waals surface area contributed by atoms with Crippen molar-refractivity contribution in [3.05, 3.63) is 10.8 Å². The van der Waals surface area contributed by atoms with Crippen LogP contribution in [0.2, 0.25) is 0 Å². The molecule has 0 saturated heterocycles. The van der Waals surface area contributed by atoms with Crippen LogP contribution in [0, 0.1) is 0 Å². The van der Waals surface area contributed by atoms with Gasteiger partial charge >= 0.3 is 17.1 Å². The van der Waals surface area contributed by atoms with E-state index >= 15 is 0 Å². The van der Waals surface area contributed by atoms with Crippen LogP contribution in [0.5, 0.6) is 0 Å². The number of hydrogen-bond donors (Lipinski definition) is 0. The maximum Gasteiger partial charge on any atom is 2.00 e. The van der Waals surface area contributed by atoms with E-state index in [-0.39, 0.29) is 39.0 Å². The van der Waals surface area contributed by atoms with Crippen molar-refractivity contribution in [3.63, 3.8) is 0 Å². The molecular weight excluding hydrogens is 235 g/mol. The SMILES string of the molecule is [Mn+2].[N-]=C=S.[N-]=C=S.[OH3+].[OH3+].[OH3+].[OH3+]. The number of isothiocyanates is 2. The van der Waals surface area contributed by atoms with Crippen molar-refractivity contribution < 1.29 is 39.0 Å². The molecule has 0 atom stereocenters. The molecule has 0 aliphatic rings. The van der Waals surface area contributed by atoms with Crippen LogP contribution in [-0.4, -0.2) is 10.3 Å². The van der Waals surface area contributed by atoms with Crippen molar-refractivity contribution in [3.8, 4) is 0 Å². The molecule has 0 saturated carbocycles. The molecule has 0 aliphatic carbocycles. The summed E-state index contributed by atoms with van der Waals surface area (Å²) in [6, 6.07) is 0. The fraction of sp³-hybridized carbons (Fsp3) is 0. The molecule has 0 aromatic rings. The van der Waals surface area contributed by atoms with Gasteiger partial charge in [0.05, 0.1) is 0 Å². The average molecular weight is 247 g/mol. The van der Waals surface area contributed by atoms with Crippen molar-refractivity contribution in [2.24, 2.45) is 0 Å². The zero-order valence-corrected chi connectivity index (χ0v) is 8.21. The van der Waals surface area contributed by atoms with Gasteiger partial charge in [0.15, 0.2) is 0 Å². The Hall–Kier alpha value is -0.0405. The minimum absolute atomic E-state index is 0. The van der Waals surface area contributed by atoms with E-state index in [4.69, 9.17) is 10.8 Å². The van der Waals surface area contributed by atoms with Gasteiger partial charge in [-0.2, -0.15) is 10.3 Å². The Labute approximate surface area is 84.7 Å². The third-order valence-corrected chi connectivity index (χ3v) is 0. The van der Waals surface area contributed by atoms with E-state index in [9.17, 15) is 0 Å². The van der Waals surface area contributed by atoms with E-state index in [2.05, 4.69) is 24.4 Å². The average Bonchev–Trinajstić information content (AvgIpc) is 1.39. The molecule has 6 nitrogen and oxygen atoms in total. The molecule has 0 bridgehead atoms. The molecule has 0 spiro atoms. The van der Waals surface area contributed by atoms with E-state index in [1.165, 1.54) is 10.3 Å². The summed E-state index contributed by atoms with van der Waals surface area (Å²) in [5.74, 6) is 0. The Morgan fingerprint density at radius 3 is 0.727 bits per heavy atom. The van der Waals surface area contributed by atoms with Crippen LogP contribution in [-0.2, 0) is 39.0 Å². The molecule has 0 rings (SSSR count). The fourth-order valence-electron chi connectivity index (χ4n) is 0. The number of nitrogens with zero attached hydrogens (tertiary/aromatic N) is 2. The van der Waals surface area contributed by atoms with Crippen molar-refractivity contribution in [2.75, 3.05) is 0 Å².